The van der Waals surface area contributed by atoms with E-state index in [-0.39, 0.29) is 23.2 Å². The molecule has 0 bridgehead atoms. The second kappa shape index (κ2) is 3.83. The molecule has 0 saturated carbocycles. The number of benzene rings is 2. The van der Waals surface area contributed by atoms with Gasteiger partial charge in [-0.3, -0.25) is 0 Å². The van der Waals surface area contributed by atoms with Crippen LogP contribution in [-0.4, -0.2) is 32.6 Å². The summed E-state index contributed by atoms with van der Waals surface area (Å²) in [4.78, 5) is 0. The Balaban J connectivity index is 1.95. The van der Waals surface area contributed by atoms with Gasteiger partial charge < -0.3 is 25.7 Å². The quantitative estimate of drug-likeness (QED) is 0.475. The molecule has 0 amide bonds. The van der Waals surface area contributed by atoms with Crippen molar-refractivity contribution in [2.24, 2.45) is 0 Å². The van der Waals surface area contributed by atoms with Crippen LogP contribution in [0.3, 0.4) is 0 Å². The van der Waals surface area contributed by atoms with E-state index in [1.807, 2.05) is 0 Å². The molecule has 5 nitrogen and oxygen atoms in total. The summed E-state index contributed by atoms with van der Waals surface area (Å²) in [6.45, 7) is 0.352. The van der Waals surface area contributed by atoms with E-state index in [1.165, 1.54) is 12.1 Å². The van der Waals surface area contributed by atoms with Crippen LogP contribution in [0.1, 0.15) is 22.6 Å². The molecule has 1 heterocycles. The third kappa shape index (κ3) is 1.61. The summed E-state index contributed by atoms with van der Waals surface area (Å²) in [5, 5.41) is 43.1. The molecule has 0 unspecified atom stereocenters. The van der Waals surface area contributed by atoms with Crippen LogP contribution in [0.25, 0.3) is 0 Å². The molecule has 2 aromatic rings. The highest BCUT2D eigenvalue weighted by atomic mass is 16.3. The van der Waals surface area contributed by atoms with Gasteiger partial charge in [0.2, 0.25) is 0 Å². The van der Waals surface area contributed by atoms with Gasteiger partial charge in [0.25, 0.3) is 0 Å². The van der Waals surface area contributed by atoms with Crippen molar-refractivity contribution in [3.63, 3.8) is 0 Å². The SMILES string of the molecule is Oc1ccc2c(c1)NC[C@]1(O)Cc3cc(O)c(O)cc3[C@H]21. The molecule has 108 valence electrons. The van der Waals surface area contributed by atoms with E-state index in [1.54, 1.807) is 18.2 Å². The van der Waals surface area contributed by atoms with E-state index in [0.29, 0.717) is 13.0 Å². The number of fused-ring (bicyclic) bond motifs is 5. The minimum Gasteiger partial charge on any atom is -0.508 e. The number of hydrogen-bond acceptors (Lipinski definition) is 5. The topological polar surface area (TPSA) is 93.0 Å². The Morgan fingerprint density at radius 1 is 1.00 bits per heavy atom. The Kier molecular flexibility index (Phi) is 2.25. The molecule has 0 radical (unpaired) electrons. The monoisotopic (exact) mass is 285 g/mol. The first kappa shape index (κ1) is 12.3. The molecule has 1 aliphatic heterocycles. The largest absolute Gasteiger partial charge is 0.508 e. The number of aromatic hydroxyl groups is 3. The van der Waals surface area contributed by atoms with Crippen molar-refractivity contribution >= 4 is 5.69 Å². The lowest BCUT2D eigenvalue weighted by atomic mass is 9.79. The Morgan fingerprint density at radius 2 is 1.76 bits per heavy atom. The number of anilines is 1. The average molecular weight is 285 g/mol. The summed E-state index contributed by atoms with van der Waals surface area (Å²) in [6, 6.07) is 8.04. The van der Waals surface area contributed by atoms with E-state index in [9.17, 15) is 20.4 Å². The summed E-state index contributed by atoms with van der Waals surface area (Å²) < 4.78 is 0. The average Bonchev–Trinajstić information content (AvgIpc) is 2.71. The Bertz CT molecular complexity index is 758. The van der Waals surface area contributed by atoms with Gasteiger partial charge in [-0.05, 0) is 34.9 Å². The molecule has 2 aromatic carbocycles. The molecule has 5 heteroatoms. The number of aliphatic hydroxyl groups is 1. The highest BCUT2D eigenvalue weighted by Crippen LogP contribution is 2.52. The third-order valence-electron chi connectivity index (χ3n) is 4.51. The summed E-state index contributed by atoms with van der Waals surface area (Å²) in [6.07, 6.45) is 0.411. The lowest BCUT2D eigenvalue weighted by molar-refractivity contribution is 0.0454. The van der Waals surface area contributed by atoms with E-state index >= 15 is 0 Å². The van der Waals surface area contributed by atoms with Crippen molar-refractivity contribution in [3.05, 3.63) is 47.0 Å². The summed E-state index contributed by atoms with van der Waals surface area (Å²) >= 11 is 0. The standard InChI is InChI=1S/C16H15NO4/c18-9-1-2-10-12(4-9)17-7-16(21)6-8-3-13(19)14(20)5-11(8)15(10)16/h1-5,15,17-21H,6-7H2/t15-,16+/m0/s1. The van der Waals surface area contributed by atoms with Crippen molar-refractivity contribution < 1.29 is 20.4 Å². The summed E-state index contributed by atoms with van der Waals surface area (Å²) in [5.74, 6) is -0.471. The van der Waals surface area contributed by atoms with Crippen LogP contribution < -0.4 is 5.32 Å². The molecule has 0 saturated heterocycles. The van der Waals surface area contributed by atoms with Gasteiger partial charge in [0, 0.05) is 30.6 Å². The van der Waals surface area contributed by atoms with Crippen molar-refractivity contribution in [2.45, 2.75) is 17.9 Å². The summed E-state index contributed by atoms with van der Waals surface area (Å²) in [5.41, 5.74) is 2.32. The number of rotatable bonds is 0. The Labute approximate surface area is 121 Å². The predicted molar refractivity (Wildman–Crippen MR) is 76.9 cm³/mol. The molecule has 2 aliphatic rings. The van der Waals surface area contributed by atoms with E-state index in [2.05, 4.69) is 5.32 Å². The molecule has 0 spiro atoms. The fraction of sp³-hybridized carbons (Fsp3) is 0.250. The predicted octanol–water partition coefficient (Wildman–Crippen LogP) is 1.65. The number of hydrogen-bond donors (Lipinski definition) is 5. The molecule has 5 N–H and O–H groups in total. The summed E-state index contributed by atoms with van der Waals surface area (Å²) in [7, 11) is 0. The smallest absolute Gasteiger partial charge is 0.157 e. The zero-order valence-corrected chi connectivity index (χ0v) is 11.2. The normalized spacial score (nSPS) is 25.7. The number of phenols is 3. The fourth-order valence-corrected chi connectivity index (χ4v) is 3.60. The van der Waals surface area contributed by atoms with Crippen molar-refractivity contribution in [1.82, 2.24) is 0 Å². The van der Waals surface area contributed by atoms with Gasteiger partial charge in [-0.25, -0.2) is 0 Å². The van der Waals surface area contributed by atoms with E-state index in [4.69, 9.17) is 0 Å². The fourth-order valence-electron chi connectivity index (χ4n) is 3.60. The Hall–Kier alpha value is -2.40. The molecule has 2 atom stereocenters. The zero-order valence-electron chi connectivity index (χ0n) is 11.2. The van der Waals surface area contributed by atoms with Gasteiger partial charge in [-0.1, -0.05) is 6.07 Å². The van der Waals surface area contributed by atoms with Crippen LogP contribution >= 0.6 is 0 Å². The highest BCUT2D eigenvalue weighted by molar-refractivity contribution is 5.66. The molecular formula is C16H15NO4. The van der Waals surface area contributed by atoms with Crippen LogP contribution in [0.2, 0.25) is 0 Å². The minimum atomic E-state index is -0.994. The molecule has 21 heavy (non-hydrogen) atoms. The maximum Gasteiger partial charge on any atom is 0.157 e. The van der Waals surface area contributed by atoms with Crippen LogP contribution in [0.15, 0.2) is 30.3 Å². The van der Waals surface area contributed by atoms with Crippen LogP contribution in [0.4, 0.5) is 5.69 Å². The van der Waals surface area contributed by atoms with Crippen LogP contribution in [0.5, 0.6) is 17.2 Å². The third-order valence-corrected chi connectivity index (χ3v) is 4.51. The molecule has 0 aromatic heterocycles. The highest BCUT2D eigenvalue weighted by Gasteiger charge is 2.49. The lowest BCUT2D eigenvalue weighted by Crippen LogP contribution is -2.45. The van der Waals surface area contributed by atoms with E-state index in [0.717, 1.165) is 22.4 Å². The van der Waals surface area contributed by atoms with Crippen LogP contribution in [0, 0.1) is 0 Å². The number of phenolic OH excluding ortho intramolecular Hbond substituents is 3. The van der Waals surface area contributed by atoms with Gasteiger partial charge in [0.15, 0.2) is 11.5 Å². The van der Waals surface area contributed by atoms with Crippen LogP contribution in [-0.2, 0) is 6.42 Å². The van der Waals surface area contributed by atoms with Gasteiger partial charge >= 0.3 is 0 Å². The second-order valence-corrected chi connectivity index (χ2v) is 5.88. The van der Waals surface area contributed by atoms with Gasteiger partial charge in [0.1, 0.15) is 5.75 Å². The molecular weight excluding hydrogens is 270 g/mol. The van der Waals surface area contributed by atoms with Crippen molar-refractivity contribution in [2.75, 3.05) is 11.9 Å². The lowest BCUT2D eigenvalue weighted by Gasteiger charge is -2.37. The number of nitrogens with one attached hydrogen (secondary N) is 1. The zero-order chi connectivity index (χ0) is 14.8. The maximum absolute atomic E-state index is 10.9. The first-order valence-corrected chi connectivity index (χ1v) is 6.82. The minimum absolute atomic E-state index is 0.165. The molecule has 4 rings (SSSR count). The van der Waals surface area contributed by atoms with Crippen molar-refractivity contribution in [1.29, 1.82) is 0 Å². The molecule has 0 fully saturated rings. The van der Waals surface area contributed by atoms with Gasteiger partial charge in [-0.15, -0.1) is 0 Å². The maximum atomic E-state index is 10.9. The second-order valence-electron chi connectivity index (χ2n) is 5.88. The van der Waals surface area contributed by atoms with Gasteiger partial charge in [-0.2, -0.15) is 0 Å². The first-order chi connectivity index (χ1) is 9.98. The number of β-amino-alcohol motifs (C(OH)–C–C–N with tert-alkyl or cyclic N) is 1. The molecule has 1 aliphatic carbocycles. The Morgan fingerprint density at radius 3 is 2.57 bits per heavy atom. The first-order valence-electron chi connectivity index (χ1n) is 6.82. The van der Waals surface area contributed by atoms with Gasteiger partial charge in [0.05, 0.1) is 5.60 Å². The van der Waals surface area contributed by atoms with E-state index < -0.39 is 5.60 Å². The van der Waals surface area contributed by atoms with Crippen molar-refractivity contribution in [3.8, 4) is 17.2 Å².